The summed E-state index contributed by atoms with van der Waals surface area (Å²) in [5.74, 6) is -4.47. The monoisotopic (exact) mass is 362 g/mol. The average Bonchev–Trinajstić information content (AvgIpc) is 2.49. The van der Waals surface area contributed by atoms with Gasteiger partial charge in [-0.05, 0) is 0 Å². The molecule has 10 nitrogen and oxygen atoms in total. The number of carbonyl (C=O) groups is 5. The predicted octanol–water partition coefficient (Wildman–Crippen LogP) is -1.05. The SMILES string of the molecule is CO[C@H]([C@@H](OC(C)=O)[C@H](O)COC(C)=O)[C@H](OC(C)=O)C(=O)C(C)=O. The lowest BCUT2D eigenvalue weighted by Crippen LogP contribution is -2.54. The smallest absolute Gasteiger partial charge is 0.303 e. The molecule has 25 heavy (non-hydrogen) atoms. The van der Waals surface area contributed by atoms with Gasteiger partial charge in [-0.25, -0.2) is 0 Å². The molecule has 0 spiro atoms. The maximum Gasteiger partial charge on any atom is 0.303 e. The summed E-state index contributed by atoms with van der Waals surface area (Å²) in [6.45, 7) is 3.52. The number of methoxy groups -OCH3 is 1. The quantitative estimate of drug-likeness (QED) is 0.290. The molecule has 0 aromatic carbocycles. The summed E-state index contributed by atoms with van der Waals surface area (Å²) in [5, 5.41) is 10.1. The number of esters is 3. The van der Waals surface area contributed by atoms with Gasteiger partial charge in [-0.15, -0.1) is 0 Å². The number of aliphatic hydroxyl groups is 1. The fraction of sp³-hybridized carbons (Fsp3) is 0.667. The average molecular weight is 362 g/mol. The Morgan fingerprint density at radius 3 is 1.72 bits per heavy atom. The second-order valence-electron chi connectivity index (χ2n) is 5.09. The first-order chi connectivity index (χ1) is 11.5. The molecule has 10 heteroatoms. The molecule has 0 aliphatic rings. The van der Waals surface area contributed by atoms with Crippen molar-refractivity contribution in [1.82, 2.24) is 0 Å². The van der Waals surface area contributed by atoms with Crippen LogP contribution in [-0.2, 0) is 42.9 Å². The largest absolute Gasteiger partial charge is 0.463 e. The number of Topliss-reactive ketones (excluding diaryl/α,β-unsaturated/α-hetero) is 2. The highest BCUT2D eigenvalue weighted by atomic mass is 16.6. The molecule has 0 amide bonds. The van der Waals surface area contributed by atoms with Gasteiger partial charge in [0.25, 0.3) is 0 Å². The van der Waals surface area contributed by atoms with E-state index in [9.17, 15) is 29.1 Å². The van der Waals surface area contributed by atoms with Crippen LogP contribution in [0.5, 0.6) is 0 Å². The Morgan fingerprint density at radius 2 is 1.36 bits per heavy atom. The van der Waals surface area contributed by atoms with Gasteiger partial charge in [0.2, 0.25) is 5.78 Å². The summed E-state index contributed by atoms with van der Waals surface area (Å²) in [7, 11) is 1.10. The molecule has 0 fully saturated rings. The first-order valence-electron chi connectivity index (χ1n) is 7.24. The third-order valence-corrected chi connectivity index (χ3v) is 2.93. The molecule has 0 radical (unpaired) electrons. The van der Waals surface area contributed by atoms with E-state index in [1.54, 1.807) is 0 Å². The maximum absolute atomic E-state index is 12.0. The van der Waals surface area contributed by atoms with E-state index in [1.165, 1.54) is 0 Å². The van der Waals surface area contributed by atoms with Crippen molar-refractivity contribution in [3.05, 3.63) is 0 Å². The zero-order valence-corrected chi connectivity index (χ0v) is 14.6. The van der Waals surface area contributed by atoms with Gasteiger partial charge in [-0.2, -0.15) is 0 Å². The van der Waals surface area contributed by atoms with Crippen LogP contribution in [0, 0.1) is 0 Å². The van der Waals surface area contributed by atoms with E-state index in [-0.39, 0.29) is 0 Å². The standard InChI is InChI=1S/C15H22O10/c1-7(16)12(21)14(25-10(4)19)15(22-5)13(24-9(3)18)11(20)6-23-8(2)17/h11,13-15,20H,6H2,1-5H3/t11-,13+,14-,15-/m1/s1. The van der Waals surface area contributed by atoms with E-state index in [0.717, 1.165) is 34.8 Å². The van der Waals surface area contributed by atoms with Crippen LogP contribution in [0.15, 0.2) is 0 Å². The summed E-state index contributed by atoms with van der Waals surface area (Å²) < 4.78 is 19.4. The molecule has 0 aromatic heterocycles. The van der Waals surface area contributed by atoms with Crippen LogP contribution >= 0.6 is 0 Å². The van der Waals surface area contributed by atoms with Crippen molar-refractivity contribution in [2.45, 2.75) is 52.1 Å². The van der Waals surface area contributed by atoms with E-state index in [2.05, 4.69) is 4.74 Å². The van der Waals surface area contributed by atoms with E-state index >= 15 is 0 Å². The van der Waals surface area contributed by atoms with Gasteiger partial charge in [0.1, 0.15) is 18.8 Å². The van der Waals surface area contributed by atoms with Crippen molar-refractivity contribution in [3.8, 4) is 0 Å². The van der Waals surface area contributed by atoms with Gasteiger partial charge in [0, 0.05) is 34.8 Å². The highest BCUT2D eigenvalue weighted by Crippen LogP contribution is 2.18. The summed E-state index contributed by atoms with van der Waals surface area (Å²) in [6.07, 6.45) is -6.41. The maximum atomic E-state index is 12.0. The van der Waals surface area contributed by atoms with Crippen LogP contribution in [0.2, 0.25) is 0 Å². The number of aliphatic hydroxyl groups excluding tert-OH is 1. The van der Waals surface area contributed by atoms with Crippen molar-refractivity contribution in [1.29, 1.82) is 0 Å². The first kappa shape index (κ1) is 22.7. The fourth-order valence-corrected chi connectivity index (χ4v) is 1.93. The minimum atomic E-state index is -1.75. The predicted molar refractivity (Wildman–Crippen MR) is 80.2 cm³/mol. The minimum absolute atomic E-state index is 0.575. The zero-order chi connectivity index (χ0) is 19.7. The van der Waals surface area contributed by atoms with Crippen molar-refractivity contribution in [2.24, 2.45) is 0 Å². The first-order valence-corrected chi connectivity index (χ1v) is 7.24. The van der Waals surface area contributed by atoms with E-state index in [1.807, 2.05) is 0 Å². The Hall–Kier alpha value is -2.33. The third-order valence-electron chi connectivity index (χ3n) is 2.93. The Labute approximate surface area is 144 Å². The van der Waals surface area contributed by atoms with Crippen LogP contribution in [0.25, 0.3) is 0 Å². The summed E-state index contributed by atoms with van der Waals surface area (Å²) >= 11 is 0. The van der Waals surface area contributed by atoms with Crippen molar-refractivity contribution in [2.75, 3.05) is 13.7 Å². The fourth-order valence-electron chi connectivity index (χ4n) is 1.93. The normalized spacial score (nSPS) is 15.3. The molecule has 1 N–H and O–H groups in total. The van der Waals surface area contributed by atoms with Crippen LogP contribution in [0.4, 0.5) is 0 Å². The minimum Gasteiger partial charge on any atom is -0.463 e. The highest BCUT2D eigenvalue weighted by molar-refractivity contribution is 6.38. The molecule has 142 valence electrons. The van der Waals surface area contributed by atoms with Gasteiger partial charge < -0.3 is 24.1 Å². The lowest BCUT2D eigenvalue weighted by molar-refractivity contribution is -0.189. The van der Waals surface area contributed by atoms with Gasteiger partial charge in [-0.1, -0.05) is 0 Å². The Balaban J connectivity index is 5.69. The molecule has 0 aromatic rings. The molecule has 0 heterocycles. The number of rotatable bonds is 10. The summed E-state index contributed by atoms with van der Waals surface area (Å²) in [5.41, 5.74) is 0. The van der Waals surface area contributed by atoms with Crippen molar-refractivity contribution in [3.63, 3.8) is 0 Å². The Bertz CT molecular complexity index is 526. The van der Waals surface area contributed by atoms with Crippen molar-refractivity contribution >= 4 is 29.5 Å². The second kappa shape index (κ2) is 10.5. The molecule has 0 unspecified atom stereocenters. The van der Waals surface area contributed by atoms with Gasteiger partial charge in [-0.3, -0.25) is 24.0 Å². The molecule has 4 atom stereocenters. The molecule has 0 aliphatic heterocycles. The Kier molecular flexibility index (Phi) is 9.54. The number of ketones is 2. The second-order valence-corrected chi connectivity index (χ2v) is 5.09. The number of hydrogen-bond acceptors (Lipinski definition) is 10. The highest BCUT2D eigenvalue weighted by Gasteiger charge is 2.43. The van der Waals surface area contributed by atoms with Crippen LogP contribution < -0.4 is 0 Å². The van der Waals surface area contributed by atoms with Gasteiger partial charge in [0.15, 0.2) is 18.0 Å². The summed E-state index contributed by atoms with van der Waals surface area (Å²) in [4.78, 5) is 56.9. The molecule has 0 saturated carbocycles. The third kappa shape index (κ3) is 7.86. The van der Waals surface area contributed by atoms with Gasteiger partial charge >= 0.3 is 17.9 Å². The number of ether oxygens (including phenoxy) is 4. The molecule has 0 aliphatic carbocycles. The Morgan fingerprint density at radius 1 is 0.840 bits per heavy atom. The summed E-state index contributed by atoms with van der Waals surface area (Å²) in [6, 6.07) is 0. The lowest BCUT2D eigenvalue weighted by Gasteiger charge is -2.32. The molecule has 0 rings (SSSR count). The number of hydrogen-bond donors (Lipinski definition) is 1. The van der Waals surface area contributed by atoms with Crippen LogP contribution in [0.3, 0.4) is 0 Å². The molecular formula is C15H22O10. The molecule has 0 bridgehead atoms. The van der Waals surface area contributed by atoms with Crippen molar-refractivity contribution < 1.29 is 48.0 Å². The van der Waals surface area contributed by atoms with E-state index in [0.29, 0.717) is 0 Å². The van der Waals surface area contributed by atoms with Crippen LogP contribution in [0.1, 0.15) is 27.7 Å². The molecular weight excluding hydrogens is 340 g/mol. The van der Waals surface area contributed by atoms with Crippen LogP contribution in [-0.4, -0.2) is 72.7 Å². The zero-order valence-electron chi connectivity index (χ0n) is 14.6. The van der Waals surface area contributed by atoms with Gasteiger partial charge in [0.05, 0.1) is 0 Å². The molecule has 0 saturated heterocycles. The topological polar surface area (TPSA) is 142 Å². The lowest BCUT2D eigenvalue weighted by atomic mass is 9.98. The van der Waals surface area contributed by atoms with E-state index in [4.69, 9.17) is 14.2 Å². The van der Waals surface area contributed by atoms with E-state index < -0.39 is 60.5 Å². The number of carbonyl (C=O) groups excluding carboxylic acids is 5.